The number of hydrogen-bond donors (Lipinski definition) is 1. The number of thioether (sulfide) groups is 1. The fourth-order valence-corrected chi connectivity index (χ4v) is 5.59. The molecular formula is C19H22N2O3S2. The van der Waals surface area contributed by atoms with Gasteiger partial charge < -0.3 is 14.8 Å². The van der Waals surface area contributed by atoms with Crippen molar-refractivity contribution in [2.75, 3.05) is 13.2 Å². The highest BCUT2D eigenvalue weighted by Crippen LogP contribution is 2.35. The molecule has 2 heterocycles. The van der Waals surface area contributed by atoms with Gasteiger partial charge in [0.1, 0.15) is 17.6 Å². The summed E-state index contributed by atoms with van der Waals surface area (Å²) in [7, 11) is 0. The lowest BCUT2D eigenvalue weighted by Crippen LogP contribution is -2.38. The molecule has 2 aliphatic rings. The van der Waals surface area contributed by atoms with E-state index in [4.69, 9.17) is 9.47 Å². The van der Waals surface area contributed by atoms with Crippen LogP contribution in [0.5, 0.6) is 11.5 Å². The number of aromatic nitrogens is 1. The second-order valence-corrected chi connectivity index (χ2v) is 9.08. The summed E-state index contributed by atoms with van der Waals surface area (Å²) in [6.07, 6.45) is 4.24. The molecule has 1 amide bonds. The second-order valence-electron chi connectivity index (χ2n) is 6.68. The van der Waals surface area contributed by atoms with Gasteiger partial charge in [-0.05, 0) is 50.8 Å². The van der Waals surface area contributed by atoms with Gasteiger partial charge in [-0.15, -0.1) is 11.3 Å². The molecule has 0 unspecified atom stereocenters. The van der Waals surface area contributed by atoms with Crippen molar-refractivity contribution >= 4 is 29.0 Å². The molecule has 0 bridgehead atoms. The second kappa shape index (κ2) is 7.88. The number of carbonyl (C=O) groups is 1. The molecule has 0 atom stereocenters. The summed E-state index contributed by atoms with van der Waals surface area (Å²) in [4.78, 5) is 17.1. The average Bonchev–Trinajstić information content (AvgIpc) is 3.07. The predicted octanol–water partition coefficient (Wildman–Crippen LogP) is 4.06. The predicted molar refractivity (Wildman–Crippen MR) is 104 cm³/mol. The molecular weight excluding hydrogens is 368 g/mol. The molecule has 0 radical (unpaired) electrons. The highest BCUT2D eigenvalue weighted by Gasteiger charge is 2.24. The minimum atomic E-state index is -0.0337. The summed E-state index contributed by atoms with van der Waals surface area (Å²) in [6, 6.07) is 5.63. The van der Waals surface area contributed by atoms with Crippen LogP contribution in [0.3, 0.4) is 0 Å². The Hall–Kier alpha value is -1.73. The molecule has 138 valence electrons. The first-order valence-electron chi connectivity index (χ1n) is 8.96. The van der Waals surface area contributed by atoms with Gasteiger partial charge in [-0.2, -0.15) is 0 Å². The van der Waals surface area contributed by atoms with E-state index in [2.05, 4.69) is 15.7 Å². The van der Waals surface area contributed by atoms with Crippen molar-refractivity contribution in [1.29, 1.82) is 0 Å². The Balaban J connectivity index is 1.29. The Morgan fingerprint density at radius 2 is 1.96 bits per heavy atom. The van der Waals surface area contributed by atoms with Crippen LogP contribution >= 0.6 is 23.1 Å². The summed E-state index contributed by atoms with van der Waals surface area (Å²) in [5.41, 5.74) is 1.72. The van der Waals surface area contributed by atoms with E-state index in [0.717, 1.165) is 35.7 Å². The van der Waals surface area contributed by atoms with Gasteiger partial charge in [0, 0.05) is 27.9 Å². The van der Waals surface area contributed by atoms with Crippen LogP contribution < -0.4 is 14.8 Å². The Morgan fingerprint density at radius 3 is 2.69 bits per heavy atom. The molecule has 5 nitrogen and oxygen atoms in total. The van der Waals surface area contributed by atoms with Crippen molar-refractivity contribution in [2.45, 2.75) is 48.2 Å². The van der Waals surface area contributed by atoms with Crippen molar-refractivity contribution in [2.24, 2.45) is 0 Å². The number of amides is 1. The van der Waals surface area contributed by atoms with Crippen LogP contribution in [0, 0.1) is 6.92 Å². The molecule has 1 aromatic carbocycles. The van der Waals surface area contributed by atoms with Crippen LogP contribution in [-0.4, -0.2) is 35.4 Å². The van der Waals surface area contributed by atoms with E-state index < -0.39 is 0 Å². The lowest BCUT2D eigenvalue weighted by atomic mass is 9.94. The quantitative estimate of drug-likeness (QED) is 0.853. The smallest absolute Gasteiger partial charge is 0.251 e. The maximum absolute atomic E-state index is 12.6. The Bertz CT molecular complexity index is 785. The van der Waals surface area contributed by atoms with Crippen LogP contribution in [0.25, 0.3) is 0 Å². The Morgan fingerprint density at radius 1 is 1.19 bits per heavy atom. The van der Waals surface area contributed by atoms with Crippen LogP contribution in [-0.2, 0) is 0 Å². The van der Waals surface area contributed by atoms with Crippen LogP contribution in [0.1, 0.15) is 41.7 Å². The monoisotopic (exact) mass is 390 g/mol. The number of carbonyl (C=O) groups excluding carboxylic acids is 1. The molecule has 4 rings (SSSR count). The number of benzene rings is 1. The number of nitrogens with one attached hydrogen (secondary N) is 1. The van der Waals surface area contributed by atoms with E-state index in [0.29, 0.717) is 35.5 Å². The molecule has 1 aliphatic heterocycles. The summed E-state index contributed by atoms with van der Waals surface area (Å²) in [6.45, 7) is 3.11. The molecule has 1 fully saturated rings. The highest BCUT2D eigenvalue weighted by molar-refractivity contribution is 8.01. The zero-order valence-electron chi connectivity index (χ0n) is 14.7. The Kier molecular flexibility index (Phi) is 5.36. The topological polar surface area (TPSA) is 60.5 Å². The number of fused-ring (bicyclic) bond motifs is 1. The van der Waals surface area contributed by atoms with E-state index in [1.54, 1.807) is 23.5 Å². The minimum Gasteiger partial charge on any atom is -0.486 e. The van der Waals surface area contributed by atoms with Crippen molar-refractivity contribution < 1.29 is 14.3 Å². The van der Waals surface area contributed by atoms with E-state index in [9.17, 15) is 4.79 Å². The zero-order valence-corrected chi connectivity index (χ0v) is 16.3. The lowest BCUT2D eigenvalue weighted by molar-refractivity contribution is 0.0927. The van der Waals surface area contributed by atoms with Crippen molar-refractivity contribution in [1.82, 2.24) is 10.3 Å². The van der Waals surface area contributed by atoms with Gasteiger partial charge in [0.25, 0.3) is 5.91 Å². The van der Waals surface area contributed by atoms with Crippen molar-refractivity contribution in [3.63, 3.8) is 0 Å². The number of aryl methyl sites for hydroxylation is 1. The molecule has 26 heavy (non-hydrogen) atoms. The Labute approximate surface area is 161 Å². The molecule has 1 aromatic heterocycles. The van der Waals surface area contributed by atoms with Gasteiger partial charge >= 0.3 is 0 Å². The maximum Gasteiger partial charge on any atom is 0.251 e. The van der Waals surface area contributed by atoms with Gasteiger partial charge in [-0.3, -0.25) is 4.79 Å². The number of ether oxygens (including phenoxy) is 2. The molecule has 1 N–H and O–H groups in total. The normalized spacial score (nSPS) is 22.0. The van der Waals surface area contributed by atoms with Crippen molar-refractivity contribution in [3.05, 3.63) is 34.8 Å². The molecule has 1 saturated carbocycles. The van der Waals surface area contributed by atoms with Crippen molar-refractivity contribution in [3.8, 4) is 11.5 Å². The summed E-state index contributed by atoms with van der Waals surface area (Å²) < 4.78 is 12.2. The largest absolute Gasteiger partial charge is 0.486 e. The van der Waals surface area contributed by atoms with Gasteiger partial charge in [0.05, 0.1) is 0 Å². The van der Waals surface area contributed by atoms with Crippen LogP contribution in [0.2, 0.25) is 0 Å². The molecule has 0 saturated heterocycles. The van der Waals surface area contributed by atoms with Crippen LogP contribution in [0.15, 0.2) is 27.9 Å². The molecule has 0 spiro atoms. The fourth-order valence-electron chi connectivity index (χ4n) is 3.31. The third kappa shape index (κ3) is 4.15. The summed E-state index contributed by atoms with van der Waals surface area (Å²) in [5, 5.41) is 5.87. The number of nitrogens with zero attached hydrogens (tertiary/aromatic N) is 1. The standard InChI is InChI=1S/C19H22N2O3S2/c1-12-11-25-19(20-12)26-15-5-3-14(4-6-15)21-18(22)13-2-7-16-17(10-13)24-9-8-23-16/h2,7,10-11,14-15H,3-6,8-9H2,1H3,(H,21,22). The summed E-state index contributed by atoms with van der Waals surface area (Å²) >= 11 is 3.61. The lowest BCUT2D eigenvalue weighted by Gasteiger charge is -2.28. The van der Waals surface area contributed by atoms with Gasteiger partial charge in [0.2, 0.25) is 0 Å². The first-order valence-corrected chi connectivity index (χ1v) is 10.7. The van der Waals surface area contributed by atoms with Gasteiger partial charge in [0.15, 0.2) is 11.5 Å². The minimum absolute atomic E-state index is 0.0337. The van der Waals surface area contributed by atoms with Gasteiger partial charge in [-0.25, -0.2) is 4.98 Å². The number of rotatable bonds is 4. The van der Waals surface area contributed by atoms with E-state index in [-0.39, 0.29) is 11.9 Å². The van der Waals surface area contributed by atoms with E-state index in [1.165, 1.54) is 0 Å². The van der Waals surface area contributed by atoms with Crippen LogP contribution in [0.4, 0.5) is 0 Å². The summed E-state index contributed by atoms with van der Waals surface area (Å²) in [5.74, 6) is 1.33. The highest BCUT2D eigenvalue weighted by atomic mass is 32.2. The SMILES string of the molecule is Cc1csc(SC2CCC(NC(=O)c3ccc4c(c3)OCCO4)CC2)n1. The number of thiazole rings is 1. The number of hydrogen-bond acceptors (Lipinski definition) is 6. The molecule has 7 heteroatoms. The third-order valence-corrected chi connectivity index (χ3v) is 7.11. The molecule has 1 aliphatic carbocycles. The zero-order chi connectivity index (χ0) is 17.9. The third-order valence-electron chi connectivity index (χ3n) is 4.68. The fraction of sp³-hybridized carbons (Fsp3) is 0.474. The average molecular weight is 391 g/mol. The van der Waals surface area contributed by atoms with Gasteiger partial charge in [-0.1, -0.05) is 11.8 Å². The molecule has 2 aromatic rings. The van der Waals surface area contributed by atoms with E-state index >= 15 is 0 Å². The maximum atomic E-state index is 12.6. The van der Waals surface area contributed by atoms with E-state index in [1.807, 2.05) is 24.8 Å². The first-order chi connectivity index (χ1) is 12.7. The first kappa shape index (κ1) is 17.7.